The molecule has 1 atom stereocenters. The summed E-state index contributed by atoms with van der Waals surface area (Å²) in [4.78, 5) is 30.8. The third kappa shape index (κ3) is 3.83. The van der Waals surface area contributed by atoms with Crippen LogP contribution in [-0.2, 0) is 16.1 Å². The van der Waals surface area contributed by atoms with E-state index in [0.29, 0.717) is 29.9 Å². The number of rotatable bonds is 5. The number of aromatic amines is 1. The molecular formula is C24H26N2O4. The smallest absolute Gasteiger partial charge is 0.256 e. The molecule has 1 N–H and O–H groups in total. The molecule has 0 radical (unpaired) electrons. The second-order valence-electron chi connectivity index (χ2n) is 7.72. The molecule has 1 saturated heterocycles. The van der Waals surface area contributed by atoms with E-state index in [1.807, 2.05) is 50.2 Å². The third-order valence-corrected chi connectivity index (χ3v) is 5.80. The Labute approximate surface area is 175 Å². The Morgan fingerprint density at radius 2 is 2.07 bits per heavy atom. The van der Waals surface area contributed by atoms with E-state index in [1.165, 1.54) is 0 Å². The maximum atomic E-state index is 13.3. The molecule has 0 spiro atoms. The number of benzene rings is 2. The fourth-order valence-electron chi connectivity index (χ4n) is 3.90. The summed E-state index contributed by atoms with van der Waals surface area (Å²) in [7, 11) is 1.59. The molecule has 0 unspecified atom stereocenters. The van der Waals surface area contributed by atoms with Crippen LogP contribution in [0.2, 0.25) is 0 Å². The second kappa shape index (κ2) is 8.32. The van der Waals surface area contributed by atoms with Crippen molar-refractivity contribution in [2.45, 2.75) is 39.3 Å². The maximum Gasteiger partial charge on any atom is 0.256 e. The van der Waals surface area contributed by atoms with Crippen LogP contribution in [0.5, 0.6) is 5.75 Å². The molecule has 6 nitrogen and oxygen atoms in total. The van der Waals surface area contributed by atoms with Crippen LogP contribution in [0, 0.1) is 13.8 Å². The number of pyridine rings is 1. The predicted octanol–water partition coefficient (Wildman–Crippen LogP) is 3.87. The highest BCUT2D eigenvalue weighted by molar-refractivity contribution is 5.97. The lowest BCUT2D eigenvalue weighted by Gasteiger charge is -2.27. The molecular weight excluding hydrogens is 380 g/mol. The van der Waals surface area contributed by atoms with Crippen molar-refractivity contribution in [1.82, 2.24) is 4.98 Å². The first kappa shape index (κ1) is 20.2. The number of anilines is 1. The van der Waals surface area contributed by atoms with E-state index in [0.717, 1.165) is 28.6 Å². The van der Waals surface area contributed by atoms with Gasteiger partial charge in [-0.1, -0.05) is 12.1 Å². The van der Waals surface area contributed by atoms with Crippen molar-refractivity contribution in [3.8, 4) is 5.75 Å². The fraction of sp³-hybridized carbons (Fsp3) is 0.333. The third-order valence-electron chi connectivity index (χ3n) is 5.80. The summed E-state index contributed by atoms with van der Waals surface area (Å²) < 4.78 is 10.9. The van der Waals surface area contributed by atoms with Gasteiger partial charge < -0.3 is 19.4 Å². The molecule has 2 aromatic carbocycles. The van der Waals surface area contributed by atoms with Gasteiger partial charge in [0, 0.05) is 23.9 Å². The Hall–Kier alpha value is -3.12. The molecule has 0 saturated carbocycles. The number of aryl methyl sites for hydroxylation is 1. The molecule has 3 aromatic rings. The van der Waals surface area contributed by atoms with Crippen molar-refractivity contribution < 1.29 is 14.3 Å². The molecule has 1 aromatic heterocycles. The Kier molecular flexibility index (Phi) is 5.59. The number of fused-ring (bicyclic) bond motifs is 1. The minimum Gasteiger partial charge on any atom is -0.497 e. The standard InChI is InChI=1S/C24H26N2O4/c1-15-6-4-7-21(16(15)2)26(24(28)22-8-5-11-30-22)14-18-12-17-9-10-19(29-3)13-20(17)25-23(18)27/h4,6-7,9-10,12-13,22H,5,8,11,14H2,1-3H3,(H,25,27)/t22-/m0/s1. The molecule has 2 heterocycles. The van der Waals surface area contributed by atoms with Crippen LogP contribution < -0.4 is 15.2 Å². The van der Waals surface area contributed by atoms with Gasteiger partial charge in [-0.15, -0.1) is 0 Å². The van der Waals surface area contributed by atoms with Gasteiger partial charge in [-0.2, -0.15) is 0 Å². The summed E-state index contributed by atoms with van der Waals surface area (Å²) in [6, 6.07) is 13.3. The minimum absolute atomic E-state index is 0.101. The van der Waals surface area contributed by atoms with Gasteiger partial charge in [0.25, 0.3) is 11.5 Å². The van der Waals surface area contributed by atoms with Gasteiger partial charge in [-0.3, -0.25) is 9.59 Å². The van der Waals surface area contributed by atoms with Gasteiger partial charge in [0.2, 0.25) is 0 Å². The highest BCUT2D eigenvalue weighted by Gasteiger charge is 2.30. The Morgan fingerprint density at radius 1 is 1.23 bits per heavy atom. The van der Waals surface area contributed by atoms with Crippen molar-refractivity contribution in [2.75, 3.05) is 18.6 Å². The van der Waals surface area contributed by atoms with E-state index in [1.54, 1.807) is 18.1 Å². The average Bonchev–Trinajstić information content (AvgIpc) is 3.28. The number of nitrogens with one attached hydrogen (secondary N) is 1. The van der Waals surface area contributed by atoms with Gasteiger partial charge in [0.15, 0.2) is 0 Å². The van der Waals surface area contributed by atoms with Crippen LogP contribution in [0.15, 0.2) is 47.3 Å². The van der Waals surface area contributed by atoms with Crippen molar-refractivity contribution >= 4 is 22.5 Å². The van der Waals surface area contributed by atoms with Crippen LogP contribution in [0.1, 0.15) is 29.5 Å². The fourth-order valence-corrected chi connectivity index (χ4v) is 3.90. The van der Waals surface area contributed by atoms with Crippen molar-refractivity contribution in [3.05, 3.63) is 69.5 Å². The predicted molar refractivity (Wildman–Crippen MR) is 117 cm³/mol. The highest BCUT2D eigenvalue weighted by Crippen LogP contribution is 2.28. The molecule has 0 aliphatic carbocycles. The second-order valence-corrected chi connectivity index (χ2v) is 7.72. The van der Waals surface area contributed by atoms with E-state index in [2.05, 4.69) is 4.98 Å². The summed E-state index contributed by atoms with van der Waals surface area (Å²) in [5, 5.41) is 0.885. The Morgan fingerprint density at radius 3 is 2.80 bits per heavy atom. The topological polar surface area (TPSA) is 71.6 Å². The molecule has 30 heavy (non-hydrogen) atoms. The summed E-state index contributed by atoms with van der Waals surface area (Å²) in [5.41, 5.74) is 3.94. The van der Waals surface area contributed by atoms with Gasteiger partial charge in [0.05, 0.1) is 19.2 Å². The minimum atomic E-state index is -0.464. The molecule has 1 amide bonds. The van der Waals surface area contributed by atoms with Crippen molar-refractivity contribution in [3.63, 3.8) is 0 Å². The van der Waals surface area contributed by atoms with Gasteiger partial charge in [0.1, 0.15) is 11.9 Å². The number of carbonyl (C=O) groups excluding carboxylic acids is 1. The van der Waals surface area contributed by atoms with Crippen molar-refractivity contribution in [1.29, 1.82) is 0 Å². The highest BCUT2D eigenvalue weighted by atomic mass is 16.5. The summed E-state index contributed by atoms with van der Waals surface area (Å²) in [6.07, 6.45) is 1.11. The van der Waals surface area contributed by atoms with E-state index in [9.17, 15) is 9.59 Å². The molecule has 0 bridgehead atoms. The number of hydrogen-bond donors (Lipinski definition) is 1. The molecule has 1 aliphatic heterocycles. The number of aromatic nitrogens is 1. The quantitative estimate of drug-likeness (QED) is 0.698. The maximum absolute atomic E-state index is 13.3. The normalized spacial score (nSPS) is 16.0. The number of amides is 1. The SMILES string of the molecule is COc1ccc2cc(CN(C(=O)[C@@H]3CCCO3)c3cccc(C)c3C)c(=O)[nH]c2c1. The molecule has 1 fully saturated rings. The lowest BCUT2D eigenvalue weighted by Crippen LogP contribution is -2.40. The zero-order chi connectivity index (χ0) is 21.3. The first-order chi connectivity index (χ1) is 14.5. The molecule has 6 heteroatoms. The summed E-state index contributed by atoms with van der Waals surface area (Å²) in [5.74, 6) is 0.576. The van der Waals surface area contributed by atoms with Gasteiger partial charge in [-0.25, -0.2) is 0 Å². The van der Waals surface area contributed by atoms with Gasteiger partial charge in [-0.05, 0) is 67.5 Å². The average molecular weight is 406 g/mol. The van der Waals surface area contributed by atoms with Crippen molar-refractivity contribution in [2.24, 2.45) is 0 Å². The molecule has 156 valence electrons. The Bertz CT molecular complexity index is 1150. The van der Waals surface area contributed by atoms with Gasteiger partial charge >= 0.3 is 0 Å². The van der Waals surface area contributed by atoms with E-state index in [-0.39, 0.29) is 18.0 Å². The molecule has 4 rings (SSSR count). The van der Waals surface area contributed by atoms with Crippen LogP contribution in [-0.4, -0.2) is 30.7 Å². The molecule has 1 aliphatic rings. The number of H-pyrrole nitrogens is 1. The largest absolute Gasteiger partial charge is 0.497 e. The zero-order valence-electron chi connectivity index (χ0n) is 17.5. The first-order valence-corrected chi connectivity index (χ1v) is 10.2. The number of nitrogens with zero attached hydrogens (tertiary/aromatic N) is 1. The number of hydrogen-bond acceptors (Lipinski definition) is 4. The monoisotopic (exact) mass is 406 g/mol. The van der Waals surface area contributed by atoms with E-state index < -0.39 is 6.10 Å². The lowest BCUT2D eigenvalue weighted by molar-refractivity contribution is -0.127. The summed E-state index contributed by atoms with van der Waals surface area (Å²) in [6.45, 7) is 4.79. The Balaban J connectivity index is 1.76. The van der Waals surface area contributed by atoms with E-state index in [4.69, 9.17) is 9.47 Å². The lowest BCUT2D eigenvalue weighted by atomic mass is 10.0. The number of ether oxygens (including phenoxy) is 2. The first-order valence-electron chi connectivity index (χ1n) is 10.2. The van der Waals surface area contributed by atoms with Crippen LogP contribution in [0.25, 0.3) is 10.9 Å². The zero-order valence-corrected chi connectivity index (χ0v) is 17.5. The number of carbonyl (C=O) groups is 1. The summed E-state index contributed by atoms with van der Waals surface area (Å²) >= 11 is 0. The van der Waals surface area contributed by atoms with Crippen LogP contribution >= 0.6 is 0 Å². The van der Waals surface area contributed by atoms with E-state index >= 15 is 0 Å². The number of methoxy groups -OCH3 is 1. The van der Waals surface area contributed by atoms with Crippen LogP contribution in [0.3, 0.4) is 0 Å². The van der Waals surface area contributed by atoms with Crippen LogP contribution in [0.4, 0.5) is 5.69 Å².